The number of nitrogens with zero attached hydrogens (tertiary/aromatic N) is 1. The summed E-state index contributed by atoms with van der Waals surface area (Å²) in [6, 6.07) is 7.63. The van der Waals surface area contributed by atoms with E-state index >= 15 is 0 Å². The zero-order valence-electron chi connectivity index (χ0n) is 11.7. The van der Waals surface area contributed by atoms with Crippen LogP contribution in [0.5, 0.6) is 0 Å². The molecule has 1 aromatic heterocycles. The van der Waals surface area contributed by atoms with Crippen LogP contribution in [0.25, 0.3) is 10.9 Å². The van der Waals surface area contributed by atoms with Crippen molar-refractivity contribution >= 4 is 10.9 Å². The molecule has 0 N–H and O–H groups in total. The molecule has 0 aliphatic heterocycles. The van der Waals surface area contributed by atoms with Crippen molar-refractivity contribution in [3.05, 3.63) is 41.3 Å². The van der Waals surface area contributed by atoms with Gasteiger partial charge in [0.2, 0.25) is 0 Å². The molecular weight excluding hydrogens is 225 g/mol. The lowest BCUT2D eigenvalue weighted by Gasteiger charge is -2.20. The summed E-state index contributed by atoms with van der Waals surface area (Å²) in [5, 5.41) is 0.929. The van der Waals surface area contributed by atoms with Gasteiger partial charge in [0.05, 0.1) is 11.2 Å². The van der Waals surface area contributed by atoms with Gasteiger partial charge in [-0.1, -0.05) is 46.8 Å². The molecule has 0 bridgehead atoms. The van der Waals surface area contributed by atoms with E-state index in [1.807, 2.05) is 39.0 Å². The summed E-state index contributed by atoms with van der Waals surface area (Å²) >= 11 is 0. The quantitative estimate of drug-likeness (QED) is 0.703. The topological polar surface area (TPSA) is 12.9 Å². The van der Waals surface area contributed by atoms with Gasteiger partial charge in [-0.25, -0.2) is 9.37 Å². The zero-order valence-corrected chi connectivity index (χ0v) is 11.7. The van der Waals surface area contributed by atoms with Crippen molar-refractivity contribution in [2.24, 2.45) is 0 Å². The lowest BCUT2D eigenvalue weighted by molar-refractivity contribution is 0.506. The molecule has 2 heteroatoms. The van der Waals surface area contributed by atoms with Gasteiger partial charge >= 0.3 is 0 Å². The van der Waals surface area contributed by atoms with E-state index in [-0.39, 0.29) is 11.2 Å². The average Bonchev–Trinajstić information content (AvgIpc) is 2.25. The first-order chi connectivity index (χ1) is 8.30. The Morgan fingerprint density at radius 2 is 1.83 bits per heavy atom. The standard InChI is InChI=1S/C16H20FN/c1-10(2)11-7-6-8-14-12(11)9-13(17)15(18-14)16(3,4)5/h6-10H,1-5H3. The molecule has 0 saturated carbocycles. The van der Waals surface area contributed by atoms with E-state index in [1.165, 1.54) is 0 Å². The Bertz CT molecular complexity index is 579. The Labute approximate surface area is 108 Å². The Kier molecular flexibility index (Phi) is 3.14. The molecule has 0 saturated heterocycles. The van der Waals surface area contributed by atoms with E-state index in [9.17, 15) is 4.39 Å². The summed E-state index contributed by atoms with van der Waals surface area (Å²) in [6.45, 7) is 10.2. The lowest BCUT2D eigenvalue weighted by atomic mass is 9.89. The summed E-state index contributed by atoms with van der Waals surface area (Å²) in [6.07, 6.45) is 0. The third-order valence-electron chi connectivity index (χ3n) is 3.18. The smallest absolute Gasteiger partial charge is 0.145 e. The van der Waals surface area contributed by atoms with Gasteiger partial charge in [0, 0.05) is 10.8 Å². The van der Waals surface area contributed by atoms with Gasteiger partial charge in [-0.3, -0.25) is 0 Å². The van der Waals surface area contributed by atoms with Gasteiger partial charge in [0.1, 0.15) is 5.82 Å². The van der Waals surface area contributed by atoms with Crippen molar-refractivity contribution in [3.63, 3.8) is 0 Å². The molecule has 18 heavy (non-hydrogen) atoms. The number of fused-ring (bicyclic) bond motifs is 1. The van der Waals surface area contributed by atoms with E-state index in [1.54, 1.807) is 6.07 Å². The average molecular weight is 245 g/mol. The highest BCUT2D eigenvalue weighted by Gasteiger charge is 2.21. The Hall–Kier alpha value is -1.44. The second kappa shape index (κ2) is 4.34. The van der Waals surface area contributed by atoms with Gasteiger partial charge < -0.3 is 0 Å². The van der Waals surface area contributed by atoms with E-state index < -0.39 is 0 Å². The maximum Gasteiger partial charge on any atom is 0.145 e. The molecule has 96 valence electrons. The summed E-state index contributed by atoms with van der Waals surface area (Å²) in [4.78, 5) is 4.51. The predicted molar refractivity (Wildman–Crippen MR) is 74.5 cm³/mol. The van der Waals surface area contributed by atoms with Crippen LogP contribution in [0.2, 0.25) is 0 Å². The monoisotopic (exact) mass is 245 g/mol. The summed E-state index contributed by atoms with van der Waals surface area (Å²) in [5.41, 5.74) is 2.30. The highest BCUT2D eigenvalue weighted by atomic mass is 19.1. The number of hydrogen-bond donors (Lipinski definition) is 0. The Morgan fingerprint density at radius 3 is 2.39 bits per heavy atom. The van der Waals surface area contributed by atoms with Crippen molar-refractivity contribution in [2.75, 3.05) is 0 Å². The van der Waals surface area contributed by atoms with Crippen LogP contribution < -0.4 is 0 Å². The number of hydrogen-bond acceptors (Lipinski definition) is 1. The van der Waals surface area contributed by atoms with E-state index in [4.69, 9.17) is 0 Å². The number of pyridine rings is 1. The van der Waals surface area contributed by atoms with Crippen LogP contribution in [0.15, 0.2) is 24.3 Å². The van der Waals surface area contributed by atoms with Crippen molar-refractivity contribution in [1.82, 2.24) is 4.98 Å². The second-order valence-electron chi connectivity index (χ2n) is 6.14. The maximum atomic E-state index is 14.2. The molecular formula is C16H20FN. The molecule has 0 spiro atoms. The molecule has 1 heterocycles. The third kappa shape index (κ3) is 2.24. The van der Waals surface area contributed by atoms with Crippen molar-refractivity contribution in [3.8, 4) is 0 Å². The first-order valence-electron chi connectivity index (χ1n) is 6.40. The number of benzene rings is 1. The fraction of sp³-hybridized carbons (Fsp3) is 0.438. The van der Waals surface area contributed by atoms with Crippen molar-refractivity contribution < 1.29 is 4.39 Å². The summed E-state index contributed by atoms with van der Waals surface area (Å²) in [5.74, 6) is 0.165. The third-order valence-corrected chi connectivity index (χ3v) is 3.18. The van der Waals surface area contributed by atoms with Crippen LogP contribution in [0, 0.1) is 5.82 Å². The van der Waals surface area contributed by atoms with Crippen LogP contribution >= 0.6 is 0 Å². The minimum Gasteiger partial charge on any atom is -0.249 e. The molecule has 0 aliphatic carbocycles. The molecule has 0 unspecified atom stereocenters. The van der Waals surface area contributed by atoms with Gasteiger partial charge in [-0.15, -0.1) is 0 Å². The van der Waals surface area contributed by atoms with Crippen LogP contribution in [0.3, 0.4) is 0 Å². The van der Waals surface area contributed by atoms with Crippen LogP contribution in [0.1, 0.15) is 51.8 Å². The fourth-order valence-electron chi connectivity index (χ4n) is 2.22. The maximum absolute atomic E-state index is 14.2. The molecule has 0 atom stereocenters. The molecule has 0 radical (unpaired) electrons. The van der Waals surface area contributed by atoms with Gasteiger partial charge in [-0.2, -0.15) is 0 Å². The second-order valence-corrected chi connectivity index (χ2v) is 6.14. The van der Waals surface area contributed by atoms with Gasteiger partial charge in [0.25, 0.3) is 0 Å². The van der Waals surface area contributed by atoms with Crippen molar-refractivity contribution in [2.45, 2.75) is 46.0 Å². The molecule has 1 aromatic carbocycles. The molecule has 2 aromatic rings. The van der Waals surface area contributed by atoms with Crippen LogP contribution in [-0.4, -0.2) is 4.98 Å². The predicted octanol–water partition coefficient (Wildman–Crippen LogP) is 4.79. The summed E-state index contributed by atoms with van der Waals surface area (Å²) < 4.78 is 14.2. The van der Waals surface area contributed by atoms with E-state index in [0.29, 0.717) is 11.6 Å². The molecule has 0 fully saturated rings. The Morgan fingerprint density at radius 1 is 1.17 bits per heavy atom. The minimum atomic E-state index is -0.272. The Balaban J connectivity index is 2.75. The number of halogens is 1. The van der Waals surface area contributed by atoms with Crippen LogP contribution in [-0.2, 0) is 5.41 Å². The SMILES string of the molecule is CC(C)c1cccc2nc(C(C)(C)C)c(F)cc12. The first kappa shape index (κ1) is 13.0. The lowest BCUT2D eigenvalue weighted by Crippen LogP contribution is -2.16. The van der Waals surface area contributed by atoms with Crippen LogP contribution in [0.4, 0.5) is 4.39 Å². The highest BCUT2D eigenvalue weighted by molar-refractivity contribution is 5.83. The molecule has 2 rings (SSSR count). The first-order valence-corrected chi connectivity index (χ1v) is 6.40. The van der Waals surface area contributed by atoms with Crippen molar-refractivity contribution in [1.29, 1.82) is 0 Å². The number of aromatic nitrogens is 1. The molecule has 0 aliphatic rings. The fourth-order valence-corrected chi connectivity index (χ4v) is 2.22. The molecule has 1 nitrogen and oxygen atoms in total. The highest BCUT2D eigenvalue weighted by Crippen LogP contribution is 2.29. The minimum absolute atomic E-state index is 0.205. The number of rotatable bonds is 1. The largest absolute Gasteiger partial charge is 0.249 e. The normalized spacial score (nSPS) is 12.4. The summed E-state index contributed by atoms with van der Waals surface area (Å²) in [7, 11) is 0. The van der Waals surface area contributed by atoms with E-state index in [2.05, 4.69) is 18.8 Å². The molecule has 0 amide bonds. The van der Waals surface area contributed by atoms with E-state index in [0.717, 1.165) is 16.5 Å². The zero-order chi connectivity index (χ0) is 13.5. The van der Waals surface area contributed by atoms with Gasteiger partial charge in [-0.05, 0) is 23.6 Å². The van der Waals surface area contributed by atoms with Gasteiger partial charge in [0.15, 0.2) is 0 Å².